The van der Waals surface area contributed by atoms with Crippen LogP contribution in [-0.2, 0) is 16.0 Å². The molecule has 1 amide bonds. The number of carboxylic acid groups (broad SMARTS) is 1. The van der Waals surface area contributed by atoms with Gasteiger partial charge >= 0.3 is 5.97 Å². The number of rotatable bonds is 6. The number of amides is 1. The van der Waals surface area contributed by atoms with Crippen molar-refractivity contribution in [3.05, 3.63) is 35.4 Å². The maximum Gasteiger partial charge on any atom is 0.335 e. The molecule has 0 bridgehead atoms. The highest BCUT2D eigenvalue weighted by Gasteiger charge is 2.26. The highest BCUT2D eigenvalue weighted by atomic mass is 16.5. The Bertz CT molecular complexity index is 529. The Morgan fingerprint density at radius 2 is 2.00 bits per heavy atom. The lowest BCUT2D eigenvalue weighted by molar-refractivity contribution is -0.123. The summed E-state index contributed by atoms with van der Waals surface area (Å²) in [4.78, 5) is 23.3. The van der Waals surface area contributed by atoms with Crippen molar-refractivity contribution in [1.29, 1.82) is 0 Å². The second-order valence-corrected chi connectivity index (χ2v) is 5.69. The van der Waals surface area contributed by atoms with E-state index in [1.54, 1.807) is 31.4 Å². The van der Waals surface area contributed by atoms with Crippen LogP contribution < -0.4 is 5.32 Å². The molecule has 1 aromatic rings. The fourth-order valence-corrected chi connectivity index (χ4v) is 3.02. The highest BCUT2D eigenvalue weighted by Crippen LogP contribution is 2.21. The van der Waals surface area contributed by atoms with E-state index in [1.807, 2.05) is 0 Å². The van der Waals surface area contributed by atoms with E-state index in [4.69, 9.17) is 9.84 Å². The Labute approximate surface area is 130 Å². The number of carbonyl (C=O) groups is 2. The summed E-state index contributed by atoms with van der Waals surface area (Å²) in [6, 6.07) is 6.88. The fraction of sp³-hybridized carbons (Fsp3) is 0.529. The summed E-state index contributed by atoms with van der Waals surface area (Å²) in [7, 11) is 1.68. The molecule has 0 radical (unpaired) electrons. The first-order valence-electron chi connectivity index (χ1n) is 7.75. The Kier molecular flexibility index (Phi) is 5.95. The van der Waals surface area contributed by atoms with Crippen molar-refractivity contribution in [2.24, 2.45) is 0 Å². The number of nitrogens with one attached hydrogen (secondary N) is 1. The van der Waals surface area contributed by atoms with Crippen molar-refractivity contribution in [3.63, 3.8) is 0 Å². The maximum absolute atomic E-state index is 12.1. The van der Waals surface area contributed by atoms with Crippen molar-refractivity contribution in [2.75, 3.05) is 7.11 Å². The summed E-state index contributed by atoms with van der Waals surface area (Å²) in [6.07, 6.45) is 4.96. The lowest BCUT2D eigenvalue weighted by Gasteiger charge is -2.31. The minimum atomic E-state index is -0.956. The quantitative estimate of drug-likeness (QED) is 0.846. The van der Waals surface area contributed by atoms with Gasteiger partial charge in [0.2, 0.25) is 5.91 Å². The molecule has 0 aliphatic heterocycles. The van der Waals surface area contributed by atoms with Crippen molar-refractivity contribution in [1.82, 2.24) is 5.32 Å². The van der Waals surface area contributed by atoms with E-state index < -0.39 is 5.97 Å². The normalized spacial score (nSPS) is 21.3. The third kappa shape index (κ3) is 4.31. The van der Waals surface area contributed by atoms with E-state index in [0.717, 1.165) is 25.7 Å². The molecule has 22 heavy (non-hydrogen) atoms. The van der Waals surface area contributed by atoms with Crippen LogP contribution in [-0.4, -0.2) is 36.2 Å². The van der Waals surface area contributed by atoms with E-state index in [0.29, 0.717) is 12.0 Å². The first kappa shape index (κ1) is 16.5. The first-order valence-corrected chi connectivity index (χ1v) is 7.75. The monoisotopic (exact) mass is 305 g/mol. The molecule has 0 unspecified atom stereocenters. The third-order valence-corrected chi connectivity index (χ3v) is 4.22. The van der Waals surface area contributed by atoms with Crippen LogP contribution >= 0.6 is 0 Å². The van der Waals surface area contributed by atoms with Crippen LogP contribution in [0.5, 0.6) is 0 Å². The number of ether oxygens (including phenoxy) is 1. The van der Waals surface area contributed by atoms with Gasteiger partial charge in [-0.05, 0) is 30.9 Å². The van der Waals surface area contributed by atoms with Crippen molar-refractivity contribution in [3.8, 4) is 0 Å². The molecule has 1 fully saturated rings. The third-order valence-electron chi connectivity index (χ3n) is 4.22. The van der Waals surface area contributed by atoms with Crippen molar-refractivity contribution < 1.29 is 19.4 Å². The maximum atomic E-state index is 12.1. The predicted molar refractivity (Wildman–Crippen MR) is 82.9 cm³/mol. The van der Waals surface area contributed by atoms with Gasteiger partial charge in [-0.3, -0.25) is 4.79 Å². The van der Waals surface area contributed by atoms with Gasteiger partial charge in [0.1, 0.15) is 0 Å². The summed E-state index contributed by atoms with van der Waals surface area (Å²) < 4.78 is 5.43. The molecule has 0 saturated heterocycles. The Morgan fingerprint density at radius 3 is 2.73 bits per heavy atom. The van der Waals surface area contributed by atoms with Gasteiger partial charge in [0.15, 0.2) is 0 Å². The molecule has 0 aromatic heterocycles. The molecule has 120 valence electrons. The number of aryl methyl sites for hydroxylation is 1. The minimum absolute atomic E-state index is 0.0471. The summed E-state index contributed by atoms with van der Waals surface area (Å²) >= 11 is 0. The van der Waals surface area contributed by atoms with Crippen LogP contribution in [0.25, 0.3) is 0 Å². The van der Waals surface area contributed by atoms with Crippen LogP contribution in [0.15, 0.2) is 24.3 Å². The van der Waals surface area contributed by atoms with Crippen molar-refractivity contribution in [2.45, 2.75) is 50.7 Å². The number of hydrogen-bond acceptors (Lipinski definition) is 3. The largest absolute Gasteiger partial charge is 0.478 e. The second-order valence-electron chi connectivity index (χ2n) is 5.69. The summed E-state index contributed by atoms with van der Waals surface area (Å²) in [5, 5.41) is 12.2. The molecule has 2 rings (SSSR count). The Balaban J connectivity index is 1.89. The van der Waals surface area contributed by atoms with Crippen LogP contribution in [0.2, 0.25) is 0 Å². The van der Waals surface area contributed by atoms with Gasteiger partial charge in [-0.2, -0.15) is 0 Å². The van der Waals surface area contributed by atoms with E-state index >= 15 is 0 Å². The molecule has 0 heterocycles. The number of carboxylic acids is 1. The first-order chi connectivity index (χ1) is 10.6. The van der Waals surface area contributed by atoms with Gasteiger partial charge in [0, 0.05) is 13.5 Å². The van der Waals surface area contributed by atoms with Gasteiger partial charge in [-0.25, -0.2) is 4.79 Å². The standard InChI is InChI=1S/C17H23NO4/c1-22-15-9-5-4-8-14(15)18-16(19)11-10-12-6-2-3-7-13(12)17(20)21/h2-3,6-7,14-15H,4-5,8-11H2,1H3,(H,18,19)(H,20,21)/t14-,15-/m0/s1. The average molecular weight is 305 g/mol. The zero-order valence-electron chi connectivity index (χ0n) is 12.9. The molecule has 0 spiro atoms. The Hall–Kier alpha value is -1.88. The van der Waals surface area contributed by atoms with E-state index in [1.165, 1.54) is 0 Å². The van der Waals surface area contributed by atoms with E-state index in [2.05, 4.69) is 5.32 Å². The van der Waals surface area contributed by atoms with Gasteiger partial charge in [0.05, 0.1) is 17.7 Å². The number of methoxy groups -OCH3 is 1. The van der Waals surface area contributed by atoms with Crippen LogP contribution in [0.3, 0.4) is 0 Å². The zero-order chi connectivity index (χ0) is 15.9. The smallest absolute Gasteiger partial charge is 0.335 e. The molecule has 1 aliphatic rings. The van der Waals surface area contributed by atoms with E-state index in [9.17, 15) is 9.59 Å². The molecule has 1 aliphatic carbocycles. The van der Waals surface area contributed by atoms with Crippen LogP contribution in [0.4, 0.5) is 0 Å². The van der Waals surface area contributed by atoms with Gasteiger partial charge in [0.25, 0.3) is 0 Å². The minimum Gasteiger partial charge on any atom is -0.478 e. The van der Waals surface area contributed by atoms with Gasteiger partial charge in [-0.1, -0.05) is 31.0 Å². The predicted octanol–water partition coefficient (Wildman–Crippen LogP) is 2.39. The molecular formula is C17H23NO4. The van der Waals surface area contributed by atoms with Crippen LogP contribution in [0.1, 0.15) is 48.0 Å². The van der Waals surface area contributed by atoms with E-state index in [-0.39, 0.29) is 30.0 Å². The molecule has 2 atom stereocenters. The molecule has 1 saturated carbocycles. The summed E-state index contributed by atoms with van der Waals surface area (Å²) in [5.41, 5.74) is 0.958. The lowest BCUT2D eigenvalue weighted by atomic mass is 9.92. The molecular weight excluding hydrogens is 282 g/mol. The van der Waals surface area contributed by atoms with Crippen LogP contribution in [0, 0.1) is 0 Å². The van der Waals surface area contributed by atoms with Gasteiger partial charge < -0.3 is 15.2 Å². The summed E-state index contributed by atoms with van der Waals surface area (Å²) in [5.74, 6) is -1.00. The number of aromatic carboxylic acids is 1. The molecule has 5 heteroatoms. The molecule has 5 nitrogen and oxygen atoms in total. The zero-order valence-corrected chi connectivity index (χ0v) is 12.9. The van der Waals surface area contributed by atoms with Gasteiger partial charge in [-0.15, -0.1) is 0 Å². The topological polar surface area (TPSA) is 75.6 Å². The number of benzene rings is 1. The fourth-order valence-electron chi connectivity index (χ4n) is 3.02. The SMILES string of the molecule is CO[C@H]1CCCC[C@@H]1NC(=O)CCc1ccccc1C(=O)O. The number of carbonyl (C=O) groups excluding carboxylic acids is 1. The second kappa shape index (κ2) is 7.94. The Morgan fingerprint density at radius 1 is 1.27 bits per heavy atom. The summed E-state index contributed by atoms with van der Waals surface area (Å²) in [6.45, 7) is 0. The molecule has 1 aromatic carbocycles. The average Bonchev–Trinajstić information content (AvgIpc) is 2.53. The lowest BCUT2D eigenvalue weighted by Crippen LogP contribution is -2.46. The molecule has 2 N–H and O–H groups in total. The van der Waals surface area contributed by atoms with Crippen molar-refractivity contribution >= 4 is 11.9 Å². The number of hydrogen-bond donors (Lipinski definition) is 2. The highest BCUT2D eigenvalue weighted by molar-refractivity contribution is 5.89.